The van der Waals surface area contributed by atoms with Crippen molar-refractivity contribution < 1.29 is 19.0 Å². The number of ether oxygens (including phenoxy) is 2. The van der Waals surface area contributed by atoms with Gasteiger partial charge >= 0.3 is 0 Å². The summed E-state index contributed by atoms with van der Waals surface area (Å²) in [6, 6.07) is 2.85. The van der Waals surface area contributed by atoms with E-state index in [4.69, 9.17) is 9.47 Å². The number of thioether (sulfide) groups is 1. The van der Waals surface area contributed by atoms with Crippen molar-refractivity contribution in [2.24, 2.45) is 5.92 Å². The number of fused-ring (bicyclic) bond motifs is 1. The van der Waals surface area contributed by atoms with E-state index in [1.54, 1.807) is 24.8 Å². The predicted octanol–water partition coefficient (Wildman–Crippen LogP) is 3.01. The second kappa shape index (κ2) is 8.00. The first kappa shape index (κ1) is 19.7. The molecule has 1 saturated carbocycles. The summed E-state index contributed by atoms with van der Waals surface area (Å²) >= 11 is 1.74. The van der Waals surface area contributed by atoms with Gasteiger partial charge in [-0.15, -0.1) is 0 Å². The Labute approximate surface area is 166 Å². The number of aliphatic hydroxyl groups is 1. The second-order valence-corrected chi connectivity index (χ2v) is 9.31. The molecule has 152 valence electrons. The molecule has 1 aliphatic carbocycles. The number of nitrogens with zero attached hydrogens (tertiary/aromatic N) is 1. The first-order valence-electron chi connectivity index (χ1n) is 9.67. The van der Waals surface area contributed by atoms with Gasteiger partial charge in [0.1, 0.15) is 22.8 Å². The van der Waals surface area contributed by atoms with Gasteiger partial charge in [0.05, 0.1) is 23.5 Å². The number of nitrogens with one attached hydrogen (secondary N) is 1. The normalized spacial score (nSPS) is 25.6. The third kappa shape index (κ3) is 4.50. The molecule has 2 aliphatic rings. The van der Waals surface area contributed by atoms with Crippen LogP contribution in [0.5, 0.6) is 5.75 Å². The van der Waals surface area contributed by atoms with Gasteiger partial charge in [-0.2, -0.15) is 11.8 Å². The van der Waals surface area contributed by atoms with Gasteiger partial charge in [-0.3, -0.25) is 4.79 Å². The van der Waals surface area contributed by atoms with Gasteiger partial charge in [0.15, 0.2) is 0 Å². The molecule has 2 N–H and O–H groups in total. The third-order valence-electron chi connectivity index (χ3n) is 5.35. The third-order valence-corrected chi connectivity index (χ3v) is 6.73. The smallest absolute Gasteiger partial charge is 0.261 e. The van der Waals surface area contributed by atoms with E-state index < -0.39 is 17.0 Å². The maximum Gasteiger partial charge on any atom is 0.261 e. The highest BCUT2D eigenvalue weighted by molar-refractivity contribution is 7.99. The summed E-state index contributed by atoms with van der Waals surface area (Å²) in [4.78, 5) is 19.5. The van der Waals surface area contributed by atoms with E-state index in [1.165, 1.54) is 6.07 Å². The molecule has 2 fully saturated rings. The minimum absolute atomic E-state index is 0.0428. The molecule has 1 aromatic heterocycles. The molecular formula is C20H25FN2O4S. The fraction of sp³-hybridized carbons (Fsp3) is 0.600. The molecule has 2 heterocycles. The summed E-state index contributed by atoms with van der Waals surface area (Å²) in [5.74, 6) is 1.09. The molecule has 0 amide bonds. The Morgan fingerprint density at radius 2 is 2.14 bits per heavy atom. The van der Waals surface area contributed by atoms with Gasteiger partial charge < -0.3 is 19.6 Å². The molecule has 1 aliphatic heterocycles. The van der Waals surface area contributed by atoms with E-state index in [2.05, 4.69) is 9.97 Å². The molecule has 28 heavy (non-hydrogen) atoms. The van der Waals surface area contributed by atoms with Crippen LogP contribution in [0.1, 0.15) is 38.4 Å². The predicted molar refractivity (Wildman–Crippen MR) is 106 cm³/mol. The Hall–Kier alpha value is -1.64. The zero-order chi connectivity index (χ0) is 19.7. The number of rotatable bonds is 6. The molecule has 0 spiro atoms. The zero-order valence-electron chi connectivity index (χ0n) is 15.9. The average Bonchev–Trinajstić information content (AvgIpc) is 2.63. The Morgan fingerprint density at radius 3 is 2.86 bits per heavy atom. The van der Waals surface area contributed by atoms with Gasteiger partial charge in [-0.25, -0.2) is 9.37 Å². The molecular weight excluding hydrogens is 383 g/mol. The van der Waals surface area contributed by atoms with Crippen molar-refractivity contribution >= 4 is 22.7 Å². The molecule has 0 radical (unpaired) electrons. The van der Waals surface area contributed by atoms with Gasteiger partial charge in [-0.1, -0.05) is 0 Å². The van der Waals surface area contributed by atoms with Crippen molar-refractivity contribution in [1.82, 2.24) is 9.97 Å². The molecule has 0 bridgehead atoms. The van der Waals surface area contributed by atoms with E-state index in [0.29, 0.717) is 47.5 Å². The molecule has 0 unspecified atom stereocenters. The first-order valence-corrected chi connectivity index (χ1v) is 10.7. The van der Waals surface area contributed by atoms with Crippen LogP contribution in [0, 0.1) is 11.7 Å². The quantitative estimate of drug-likeness (QED) is 0.764. The fourth-order valence-electron chi connectivity index (χ4n) is 3.95. The van der Waals surface area contributed by atoms with Crippen LogP contribution >= 0.6 is 11.8 Å². The lowest BCUT2D eigenvalue weighted by molar-refractivity contribution is -0.0690. The highest BCUT2D eigenvalue weighted by Crippen LogP contribution is 2.37. The first-order chi connectivity index (χ1) is 13.4. The highest BCUT2D eigenvalue weighted by Gasteiger charge is 2.38. The lowest BCUT2D eigenvalue weighted by atomic mass is 9.73. The molecule has 4 rings (SSSR count). The number of halogens is 1. The molecule has 1 aromatic carbocycles. The second-order valence-electron chi connectivity index (χ2n) is 8.02. The number of aromatic nitrogens is 2. The van der Waals surface area contributed by atoms with Crippen LogP contribution in [0.4, 0.5) is 4.39 Å². The Kier molecular flexibility index (Phi) is 5.62. The number of H-pyrrole nitrogens is 1. The van der Waals surface area contributed by atoms with Crippen molar-refractivity contribution in [2.75, 3.05) is 19.8 Å². The van der Waals surface area contributed by atoms with Gasteiger partial charge in [0.25, 0.3) is 5.56 Å². The minimum Gasteiger partial charge on any atom is -0.493 e. The molecule has 6 nitrogen and oxygen atoms in total. The SMILES string of the molecule is CC1(O)CC(COc2cc(F)c3c(=O)[nH]c(CSC4CCOCC4)nc3c2)C1. The largest absolute Gasteiger partial charge is 0.493 e. The number of aromatic amines is 1. The van der Waals surface area contributed by atoms with Gasteiger partial charge in [0.2, 0.25) is 0 Å². The van der Waals surface area contributed by atoms with Gasteiger partial charge in [0, 0.05) is 30.6 Å². The zero-order valence-corrected chi connectivity index (χ0v) is 16.7. The van der Waals surface area contributed by atoms with Crippen LogP contribution in [-0.2, 0) is 10.5 Å². The Bertz CT molecular complexity index is 903. The van der Waals surface area contributed by atoms with Crippen LogP contribution in [0.3, 0.4) is 0 Å². The summed E-state index contributed by atoms with van der Waals surface area (Å²) in [6.07, 6.45) is 3.33. The van der Waals surface area contributed by atoms with Crippen LogP contribution < -0.4 is 10.3 Å². The van der Waals surface area contributed by atoms with Crippen molar-refractivity contribution in [1.29, 1.82) is 0 Å². The Morgan fingerprint density at radius 1 is 1.39 bits per heavy atom. The molecule has 2 aromatic rings. The standard InChI is InChI=1S/C20H25FN2O4S/c1-20(25)8-12(9-20)10-27-13-6-15(21)18-16(7-13)22-17(23-19(18)24)11-28-14-2-4-26-5-3-14/h6-7,12,14,25H,2-5,8-11H2,1H3,(H,22,23,24). The van der Waals surface area contributed by atoms with Crippen LogP contribution in [0.2, 0.25) is 0 Å². The van der Waals surface area contributed by atoms with E-state index in [-0.39, 0.29) is 11.3 Å². The summed E-state index contributed by atoms with van der Waals surface area (Å²) in [5, 5.41) is 10.2. The lowest BCUT2D eigenvalue weighted by Crippen LogP contribution is -2.43. The van der Waals surface area contributed by atoms with Crippen molar-refractivity contribution in [3.05, 3.63) is 34.1 Å². The topological polar surface area (TPSA) is 84.4 Å². The van der Waals surface area contributed by atoms with E-state index in [9.17, 15) is 14.3 Å². The lowest BCUT2D eigenvalue weighted by Gasteiger charge is -2.40. The van der Waals surface area contributed by atoms with E-state index >= 15 is 0 Å². The average molecular weight is 408 g/mol. The fourth-order valence-corrected chi connectivity index (χ4v) is 5.01. The summed E-state index contributed by atoms with van der Waals surface area (Å²) < 4.78 is 25.5. The maximum atomic E-state index is 14.5. The number of hydrogen-bond donors (Lipinski definition) is 2. The molecule has 8 heteroatoms. The summed E-state index contributed by atoms with van der Waals surface area (Å²) in [6.45, 7) is 3.75. The van der Waals surface area contributed by atoms with Crippen LogP contribution in [0.15, 0.2) is 16.9 Å². The van der Waals surface area contributed by atoms with Crippen molar-refractivity contribution in [3.63, 3.8) is 0 Å². The maximum absolute atomic E-state index is 14.5. The highest BCUT2D eigenvalue weighted by atomic mass is 32.2. The molecule has 1 saturated heterocycles. The van der Waals surface area contributed by atoms with Crippen LogP contribution in [0.25, 0.3) is 10.9 Å². The minimum atomic E-state index is -0.634. The van der Waals surface area contributed by atoms with E-state index in [1.807, 2.05) is 0 Å². The number of hydrogen-bond acceptors (Lipinski definition) is 6. The monoisotopic (exact) mass is 408 g/mol. The van der Waals surface area contributed by atoms with Crippen LogP contribution in [-0.4, -0.2) is 45.7 Å². The molecule has 0 atom stereocenters. The number of benzene rings is 1. The van der Waals surface area contributed by atoms with Crippen molar-refractivity contribution in [3.8, 4) is 5.75 Å². The Balaban J connectivity index is 1.47. The van der Waals surface area contributed by atoms with E-state index in [0.717, 1.165) is 26.1 Å². The summed E-state index contributed by atoms with van der Waals surface area (Å²) in [7, 11) is 0. The summed E-state index contributed by atoms with van der Waals surface area (Å²) in [5.41, 5.74) is -0.775. The van der Waals surface area contributed by atoms with Crippen molar-refractivity contribution in [2.45, 2.75) is 49.2 Å². The van der Waals surface area contributed by atoms with Gasteiger partial charge in [-0.05, 0) is 38.5 Å².